The lowest BCUT2D eigenvalue weighted by Gasteiger charge is -2.06. The molecule has 2 heterocycles. The SMILES string of the molecule is Cc1ccc(SCc2nc3c(oc4ccccc43)c(=O)[nH]2)c(C)c1. The molecule has 2 aromatic heterocycles. The third-order valence-electron chi connectivity index (χ3n) is 3.97. The Morgan fingerprint density at radius 2 is 2.00 bits per heavy atom. The van der Waals surface area contributed by atoms with Gasteiger partial charge in [-0.05, 0) is 37.6 Å². The summed E-state index contributed by atoms with van der Waals surface area (Å²) in [4.78, 5) is 20.9. The number of rotatable bonds is 3. The van der Waals surface area contributed by atoms with Crippen LogP contribution in [-0.2, 0) is 5.75 Å². The third kappa shape index (κ3) is 2.61. The summed E-state index contributed by atoms with van der Waals surface area (Å²) in [6.07, 6.45) is 0. The van der Waals surface area contributed by atoms with Gasteiger partial charge in [0.05, 0.1) is 5.75 Å². The van der Waals surface area contributed by atoms with Gasteiger partial charge in [0, 0.05) is 10.3 Å². The maximum Gasteiger partial charge on any atom is 0.294 e. The van der Waals surface area contributed by atoms with Gasteiger partial charge in [-0.2, -0.15) is 0 Å². The predicted octanol–water partition coefficient (Wildman–Crippen LogP) is 4.58. The van der Waals surface area contributed by atoms with Crippen molar-refractivity contribution in [2.45, 2.75) is 24.5 Å². The molecule has 1 N–H and O–H groups in total. The molecule has 4 aromatic rings. The summed E-state index contributed by atoms with van der Waals surface area (Å²) in [5.41, 5.74) is 3.85. The Morgan fingerprint density at radius 1 is 1.17 bits per heavy atom. The second kappa shape index (κ2) is 5.83. The standard InChI is InChI=1S/C19H16N2O2S/c1-11-7-8-15(12(2)9-11)24-10-16-20-17-13-5-3-4-6-14(13)23-18(17)19(22)21-16/h3-9H,10H2,1-2H3,(H,20,21,22). The molecule has 0 atom stereocenters. The van der Waals surface area contributed by atoms with Crippen LogP contribution in [0.1, 0.15) is 17.0 Å². The molecule has 4 rings (SSSR count). The zero-order valence-electron chi connectivity index (χ0n) is 13.4. The fourth-order valence-corrected chi connectivity index (χ4v) is 3.70. The molecule has 0 saturated carbocycles. The van der Waals surface area contributed by atoms with E-state index in [2.05, 4.69) is 42.0 Å². The molecule has 0 bridgehead atoms. The van der Waals surface area contributed by atoms with Crippen LogP contribution in [0.2, 0.25) is 0 Å². The fourth-order valence-electron chi connectivity index (χ4n) is 2.82. The molecule has 0 radical (unpaired) electrons. The first-order chi connectivity index (χ1) is 11.6. The smallest absolute Gasteiger partial charge is 0.294 e. The van der Waals surface area contributed by atoms with Crippen LogP contribution in [0.3, 0.4) is 0 Å². The zero-order valence-corrected chi connectivity index (χ0v) is 14.2. The number of hydrogen-bond acceptors (Lipinski definition) is 4. The van der Waals surface area contributed by atoms with Crippen molar-refractivity contribution in [3.8, 4) is 0 Å². The van der Waals surface area contributed by atoms with E-state index in [0.717, 1.165) is 5.39 Å². The topological polar surface area (TPSA) is 58.9 Å². The van der Waals surface area contributed by atoms with Gasteiger partial charge >= 0.3 is 0 Å². The number of benzene rings is 2. The molecule has 0 aliphatic carbocycles. The monoisotopic (exact) mass is 336 g/mol. The van der Waals surface area contributed by atoms with Crippen molar-refractivity contribution in [1.82, 2.24) is 9.97 Å². The third-order valence-corrected chi connectivity index (χ3v) is 5.16. The van der Waals surface area contributed by atoms with E-state index in [0.29, 0.717) is 22.7 Å². The Labute approximate surface area is 142 Å². The highest BCUT2D eigenvalue weighted by molar-refractivity contribution is 7.98. The van der Waals surface area contributed by atoms with Gasteiger partial charge in [0.2, 0.25) is 5.58 Å². The molecule has 0 unspecified atom stereocenters. The van der Waals surface area contributed by atoms with Crippen molar-refractivity contribution in [2.24, 2.45) is 0 Å². The minimum Gasteiger partial charge on any atom is -0.449 e. The molecule has 24 heavy (non-hydrogen) atoms. The number of aryl methyl sites for hydroxylation is 2. The Balaban J connectivity index is 1.72. The van der Waals surface area contributed by atoms with E-state index in [-0.39, 0.29) is 11.1 Å². The van der Waals surface area contributed by atoms with Gasteiger partial charge < -0.3 is 9.40 Å². The number of thioether (sulfide) groups is 1. The minimum atomic E-state index is -0.229. The summed E-state index contributed by atoms with van der Waals surface area (Å²) >= 11 is 1.67. The lowest BCUT2D eigenvalue weighted by atomic mass is 10.2. The highest BCUT2D eigenvalue weighted by Crippen LogP contribution is 2.28. The van der Waals surface area contributed by atoms with E-state index in [1.807, 2.05) is 24.3 Å². The highest BCUT2D eigenvalue weighted by atomic mass is 32.2. The van der Waals surface area contributed by atoms with Crippen LogP contribution in [0.5, 0.6) is 0 Å². The summed E-state index contributed by atoms with van der Waals surface area (Å²) < 4.78 is 5.62. The Bertz CT molecular complexity index is 1110. The number of hydrogen-bond donors (Lipinski definition) is 1. The molecule has 0 saturated heterocycles. The van der Waals surface area contributed by atoms with Crippen LogP contribution < -0.4 is 5.56 Å². The van der Waals surface area contributed by atoms with Crippen molar-refractivity contribution in [3.05, 3.63) is 69.8 Å². The van der Waals surface area contributed by atoms with Gasteiger partial charge in [-0.25, -0.2) is 4.98 Å². The second-order valence-corrected chi connectivity index (χ2v) is 6.86. The van der Waals surface area contributed by atoms with Gasteiger partial charge in [0.15, 0.2) is 0 Å². The molecule has 0 spiro atoms. The van der Waals surface area contributed by atoms with Gasteiger partial charge in [-0.15, -0.1) is 11.8 Å². The minimum absolute atomic E-state index is 0.229. The summed E-state index contributed by atoms with van der Waals surface area (Å²) in [6.45, 7) is 4.18. The number of H-pyrrole nitrogens is 1. The van der Waals surface area contributed by atoms with Crippen LogP contribution in [-0.4, -0.2) is 9.97 Å². The molecule has 120 valence electrons. The average molecular weight is 336 g/mol. The predicted molar refractivity (Wildman–Crippen MR) is 97.6 cm³/mol. The largest absolute Gasteiger partial charge is 0.449 e. The molecular weight excluding hydrogens is 320 g/mol. The summed E-state index contributed by atoms with van der Waals surface area (Å²) in [5.74, 6) is 1.26. The molecule has 0 amide bonds. The molecule has 2 aromatic carbocycles. The van der Waals surface area contributed by atoms with Gasteiger partial charge in [-0.3, -0.25) is 4.79 Å². The first-order valence-electron chi connectivity index (χ1n) is 7.72. The Hall–Kier alpha value is -2.53. The van der Waals surface area contributed by atoms with E-state index in [9.17, 15) is 4.79 Å². The van der Waals surface area contributed by atoms with Crippen LogP contribution in [0.15, 0.2) is 56.6 Å². The second-order valence-electron chi connectivity index (χ2n) is 5.85. The lowest BCUT2D eigenvalue weighted by molar-refractivity contribution is 0.660. The number of nitrogens with zero attached hydrogens (tertiary/aromatic N) is 1. The van der Waals surface area contributed by atoms with Crippen LogP contribution >= 0.6 is 11.8 Å². The van der Waals surface area contributed by atoms with Gasteiger partial charge in [0.1, 0.15) is 16.9 Å². The van der Waals surface area contributed by atoms with Crippen molar-refractivity contribution in [1.29, 1.82) is 0 Å². The van der Waals surface area contributed by atoms with Crippen LogP contribution in [0, 0.1) is 13.8 Å². The van der Waals surface area contributed by atoms with E-state index >= 15 is 0 Å². The maximum atomic E-state index is 12.3. The number of para-hydroxylation sites is 1. The number of nitrogens with one attached hydrogen (secondary N) is 1. The molecule has 0 fully saturated rings. The fraction of sp³-hybridized carbons (Fsp3) is 0.158. The number of furan rings is 1. The van der Waals surface area contributed by atoms with E-state index in [1.165, 1.54) is 16.0 Å². The Morgan fingerprint density at radius 3 is 2.83 bits per heavy atom. The van der Waals surface area contributed by atoms with E-state index in [1.54, 1.807) is 11.8 Å². The molecule has 0 aliphatic rings. The van der Waals surface area contributed by atoms with Gasteiger partial charge in [0.25, 0.3) is 5.56 Å². The van der Waals surface area contributed by atoms with Gasteiger partial charge in [-0.1, -0.05) is 29.8 Å². The molecule has 4 nitrogen and oxygen atoms in total. The van der Waals surface area contributed by atoms with Crippen molar-refractivity contribution in [3.63, 3.8) is 0 Å². The lowest BCUT2D eigenvalue weighted by Crippen LogP contribution is -2.10. The van der Waals surface area contributed by atoms with Crippen molar-refractivity contribution < 1.29 is 4.42 Å². The summed E-state index contributed by atoms with van der Waals surface area (Å²) in [5, 5.41) is 0.872. The van der Waals surface area contributed by atoms with Crippen LogP contribution in [0.4, 0.5) is 0 Å². The van der Waals surface area contributed by atoms with Crippen molar-refractivity contribution >= 4 is 33.8 Å². The Kier molecular flexibility index (Phi) is 3.65. The molecular formula is C19H16N2O2S. The number of aromatic amines is 1. The summed E-state index contributed by atoms with van der Waals surface area (Å²) in [7, 11) is 0. The molecule has 5 heteroatoms. The van der Waals surface area contributed by atoms with E-state index in [4.69, 9.17) is 4.42 Å². The number of fused-ring (bicyclic) bond motifs is 3. The number of aromatic nitrogens is 2. The quantitative estimate of drug-likeness (QED) is 0.556. The van der Waals surface area contributed by atoms with Crippen LogP contribution in [0.25, 0.3) is 22.1 Å². The van der Waals surface area contributed by atoms with E-state index < -0.39 is 0 Å². The zero-order chi connectivity index (χ0) is 16.7. The molecule has 0 aliphatic heterocycles. The van der Waals surface area contributed by atoms with Crippen molar-refractivity contribution in [2.75, 3.05) is 0 Å². The average Bonchev–Trinajstić information content (AvgIpc) is 2.94. The first-order valence-corrected chi connectivity index (χ1v) is 8.71. The summed E-state index contributed by atoms with van der Waals surface area (Å²) in [6, 6.07) is 13.9. The normalized spacial score (nSPS) is 11.4. The highest BCUT2D eigenvalue weighted by Gasteiger charge is 2.13. The maximum absolute atomic E-state index is 12.3. The first kappa shape index (κ1) is 15.0.